The highest BCUT2D eigenvalue weighted by molar-refractivity contribution is 14.0. The van der Waals surface area contributed by atoms with Gasteiger partial charge in [0.2, 0.25) is 0 Å². The minimum Gasteiger partial charge on any atom is -0.357 e. The van der Waals surface area contributed by atoms with Crippen molar-refractivity contribution < 1.29 is 0 Å². The summed E-state index contributed by atoms with van der Waals surface area (Å²) < 4.78 is 0. The highest BCUT2D eigenvalue weighted by atomic mass is 127. The predicted octanol–water partition coefficient (Wildman–Crippen LogP) is 4.22. The molecular formula is C20H26IN5S. The molecule has 7 heteroatoms. The molecule has 0 aliphatic carbocycles. The molecule has 0 bridgehead atoms. The zero-order valence-electron chi connectivity index (χ0n) is 16.0. The smallest absolute Gasteiger partial charge is 0.191 e. The molecule has 0 atom stereocenters. The quantitative estimate of drug-likeness (QED) is 0.306. The average Bonchev–Trinajstić information content (AvgIpc) is 2.97. The van der Waals surface area contributed by atoms with Crippen molar-refractivity contribution in [3.63, 3.8) is 0 Å². The molecule has 5 nitrogen and oxygen atoms in total. The zero-order valence-corrected chi connectivity index (χ0v) is 19.1. The van der Waals surface area contributed by atoms with Gasteiger partial charge in [-0.3, -0.25) is 4.98 Å². The van der Waals surface area contributed by atoms with Gasteiger partial charge >= 0.3 is 0 Å². The molecule has 2 heterocycles. The number of halogens is 1. The first-order valence-electron chi connectivity index (χ1n) is 8.95. The van der Waals surface area contributed by atoms with Crippen molar-refractivity contribution in [1.29, 1.82) is 0 Å². The number of guanidine groups is 1. The Morgan fingerprint density at radius 3 is 2.70 bits per heavy atom. The van der Waals surface area contributed by atoms with Crippen LogP contribution in [0.5, 0.6) is 0 Å². The van der Waals surface area contributed by atoms with E-state index in [0.717, 1.165) is 42.1 Å². The van der Waals surface area contributed by atoms with Crippen molar-refractivity contribution in [1.82, 2.24) is 20.6 Å². The van der Waals surface area contributed by atoms with Crippen molar-refractivity contribution in [2.75, 3.05) is 13.1 Å². The molecule has 27 heavy (non-hydrogen) atoms. The molecular weight excluding hydrogens is 469 g/mol. The average molecular weight is 495 g/mol. The zero-order chi connectivity index (χ0) is 18.4. The summed E-state index contributed by atoms with van der Waals surface area (Å²) in [5, 5.41) is 9.04. The minimum atomic E-state index is 0. The summed E-state index contributed by atoms with van der Waals surface area (Å²) in [5.41, 5.74) is 3.32. The summed E-state index contributed by atoms with van der Waals surface area (Å²) in [7, 11) is 0. The van der Waals surface area contributed by atoms with Gasteiger partial charge in [0.05, 0.1) is 22.8 Å². The van der Waals surface area contributed by atoms with Crippen molar-refractivity contribution >= 4 is 52.2 Å². The van der Waals surface area contributed by atoms with E-state index in [-0.39, 0.29) is 24.0 Å². The molecule has 2 N–H and O–H groups in total. The van der Waals surface area contributed by atoms with Crippen LogP contribution in [0.15, 0.2) is 41.5 Å². The lowest BCUT2D eigenvalue weighted by Gasteiger charge is -2.11. The van der Waals surface area contributed by atoms with Crippen molar-refractivity contribution in [3.8, 4) is 0 Å². The molecule has 3 rings (SSSR count). The van der Waals surface area contributed by atoms with Crippen LogP contribution in [0.25, 0.3) is 10.9 Å². The second kappa shape index (κ2) is 10.6. The van der Waals surface area contributed by atoms with Gasteiger partial charge in [-0.25, -0.2) is 9.98 Å². The Bertz CT molecular complexity index is 882. The summed E-state index contributed by atoms with van der Waals surface area (Å²) in [4.78, 5) is 15.0. The number of nitrogens with zero attached hydrogens (tertiary/aromatic N) is 3. The second-order valence-corrected chi connectivity index (χ2v) is 7.40. The van der Waals surface area contributed by atoms with Crippen molar-refractivity contribution in [2.24, 2.45) is 4.99 Å². The van der Waals surface area contributed by atoms with Crippen LogP contribution in [0.1, 0.15) is 28.1 Å². The van der Waals surface area contributed by atoms with Gasteiger partial charge < -0.3 is 10.6 Å². The third-order valence-electron chi connectivity index (χ3n) is 4.20. The van der Waals surface area contributed by atoms with E-state index in [1.54, 1.807) is 11.3 Å². The summed E-state index contributed by atoms with van der Waals surface area (Å²) in [6.07, 6.45) is 2.75. The first-order valence-corrected chi connectivity index (χ1v) is 9.76. The van der Waals surface area contributed by atoms with Crippen LogP contribution in [0.2, 0.25) is 0 Å². The van der Waals surface area contributed by atoms with Crippen molar-refractivity contribution in [3.05, 3.63) is 57.7 Å². The molecule has 0 unspecified atom stereocenters. The number of aryl methyl sites for hydroxylation is 2. The lowest BCUT2D eigenvalue weighted by molar-refractivity contribution is 0.796. The molecule has 3 aromatic rings. The van der Waals surface area contributed by atoms with Crippen LogP contribution in [0, 0.1) is 13.8 Å². The number of thiazole rings is 1. The number of benzene rings is 1. The Labute approximate surface area is 181 Å². The Morgan fingerprint density at radius 1 is 1.15 bits per heavy atom. The van der Waals surface area contributed by atoms with Gasteiger partial charge in [0.25, 0.3) is 0 Å². The van der Waals surface area contributed by atoms with Gasteiger partial charge in [0, 0.05) is 36.0 Å². The summed E-state index contributed by atoms with van der Waals surface area (Å²) >= 11 is 1.77. The van der Waals surface area contributed by atoms with E-state index >= 15 is 0 Å². The lowest BCUT2D eigenvalue weighted by atomic mass is 10.1. The van der Waals surface area contributed by atoms with Gasteiger partial charge in [-0.05, 0) is 38.5 Å². The number of aliphatic imine (C=N–C) groups is 1. The maximum Gasteiger partial charge on any atom is 0.191 e. The number of nitrogens with one attached hydrogen (secondary N) is 2. The highest BCUT2D eigenvalue weighted by Crippen LogP contribution is 2.17. The molecule has 0 amide bonds. The van der Waals surface area contributed by atoms with E-state index in [9.17, 15) is 0 Å². The molecule has 0 aliphatic rings. The molecule has 0 aliphatic heterocycles. The number of rotatable bonds is 6. The monoisotopic (exact) mass is 495 g/mol. The number of pyridine rings is 1. The number of para-hydroxylation sites is 1. The fraction of sp³-hybridized carbons (Fsp3) is 0.350. The van der Waals surface area contributed by atoms with Gasteiger partial charge in [-0.1, -0.05) is 18.2 Å². The summed E-state index contributed by atoms with van der Waals surface area (Å²) in [6.45, 7) is 8.52. The number of fused-ring (bicyclic) bond motifs is 1. The van der Waals surface area contributed by atoms with Crippen LogP contribution < -0.4 is 10.6 Å². The van der Waals surface area contributed by atoms with Gasteiger partial charge in [-0.15, -0.1) is 35.3 Å². The molecule has 0 saturated carbocycles. The standard InChI is InChI=1S/C20H25N5S.HI/c1-4-21-20(23-12-10-19-25-14(2)15(3)26-19)24-13-16-9-11-22-18-8-6-5-7-17(16)18;/h5-9,11H,4,10,12-13H2,1-3H3,(H2,21,23,24);1H. The van der Waals surface area contributed by atoms with Gasteiger partial charge in [0.1, 0.15) is 0 Å². The highest BCUT2D eigenvalue weighted by Gasteiger charge is 2.05. The fourth-order valence-electron chi connectivity index (χ4n) is 2.73. The Hall–Kier alpha value is -1.74. The second-order valence-electron chi connectivity index (χ2n) is 6.11. The third kappa shape index (κ3) is 5.87. The molecule has 0 fully saturated rings. The largest absolute Gasteiger partial charge is 0.357 e. The Kier molecular flexibility index (Phi) is 8.43. The molecule has 144 valence electrons. The Balaban J connectivity index is 0.00000261. The van der Waals surface area contributed by atoms with E-state index in [1.807, 2.05) is 30.5 Å². The molecule has 2 aromatic heterocycles. The Morgan fingerprint density at radius 2 is 1.96 bits per heavy atom. The minimum absolute atomic E-state index is 0. The van der Waals surface area contributed by atoms with Gasteiger partial charge in [-0.2, -0.15) is 0 Å². The topological polar surface area (TPSA) is 62.2 Å². The van der Waals surface area contributed by atoms with Gasteiger partial charge in [0.15, 0.2) is 5.96 Å². The summed E-state index contributed by atoms with van der Waals surface area (Å²) in [6, 6.07) is 10.2. The van der Waals surface area contributed by atoms with E-state index in [1.165, 1.54) is 15.4 Å². The first kappa shape index (κ1) is 21.6. The maximum atomic E-state index is 4.74. The fourth-order valence-corrected chi connectivity index (χ4v) is 3.67. The summed E-state index contributed by atoms with van der Waals surface area (Å²) in [5.74, 6) is 0.832. The normalized spacial score (nSPS) is 11.3. The van der Waals surface area contributed by atoms with Crippen molar-refractivity contribution in [2.45, 2.75) is 33.7 Å². The SMILES string of the molecule is CCNC(=NCc1ccnc2ccccc12)NCCc1nc(C)c(C)s1.I. The van der Waals surface area contributed by atoms with E-state index < -0.39 is 0 Å². The number of hydrogen-bond donors (Lipinski definition) is 2. The molecule has 1 aromatic carbocycles. The first-order chi connectivity index (χ1) is 12.7. The van der Waals surface area contributed by atoms with E-state index in [0.29, 0.717) is 6.54 Å². The van der Waals surface area contributed by atoms with Crippen LogP contribution in [0.3, 0.4) is 0 Å². The van der Waals surface area contributed by atoms with Crippen LogP contribution in [-0.4, -0.2) is 29.0 Å². The number of aromatic nitrogens is 2. The van der Waals surface area contributed by atoms with E-state index in [4.69, 9.17) is 4.99 Å². The molecule has 0 saturated heterocycles. The lowest BCUT2D eigenvalue weighted by Crippen LogP contribution is -2.38. The van der Waals surface area contributed by atoms with Crippen LogP contribution in [0.4, 0.5) is 0 Å². The molecule has 0 spiro atoms. The number of hydrogen-bond acceptors (Lipinski definition) is 4. The van der Waals surface area contributed by atoms with Crippen LogP contribution in [-0.2, 0) is 13.0 Å². The maximum absolute atomic E-state index is 4.74. The predicted molar refractivity (Wildman–Crippen MR) is 125 cm³/mol. The third-order valence-corrected chi connectivity index (χ3v) is 5.33. The molecule has 0 radical (unpaired) electrons. The van der Waals surface area contributed by atoms with E-state index in [2.05, 4.69) is 47.4 Å². The van der Waals surface area contributed by atoms with Crippen LogP contribution >= 0.6 is 35.3 Å².